The maximum atomic E-state index is 6.12. The van der Waals surface area contributed by atoms with E-state index in [4.69, 9.17) is 4.74 Å². The lowest BCUT2D eigenvalue weighted by Crippen LogP contribution is -2.14. The highest BCUT2D eigenvalue weighted by molar-refractivity contribution is 5.29. The molecule has 0 aromatic heterocycles. The number of hydrogen-bond acceptors (Lipinski definition) is 1. The van der Waals surface area contributed by atoms with E-state index < -0.39 is 0 Å². The van der Waals surface area contributed by atoms with E-state index >= 15 is 0 Å². The molecule has 1 heteroatoms. The first-order chi connectivity index (χ1) is 11.2. The summed E-state index contributed by atoms with van der Waals surface area (Å²) in [4.78, 5) is 0. The van der Waals surface area contributed by atoms with E-state index in [0.717, 1.165) is 11.5 Å². The molecule has 0 saturated heterocycles. The fourth-order valence-corrected chi connectivity index (χ4v) is 3.29. The molecule has 2 rings (SSSR count). The van der Waals surface area contributed by atoms with Crippen molar-refractivity contribution in [3.8, 4) is 5.75 Å². The Hall–Kier alpha value is -1.24. The molecule has 1 aromatic carbocycles. The molecule has 23 heavy (non-hydrogen) atoms. The zero-order valence-electron chi connectivity index (χ0n) is 15.3. The number of allylic oxidation sites excluding steroid dienone is 2. The maximum Gasteiger partial charge on any atom is 0.126 e. The fraction of sp³-hybridized carbons (Fsp3) is 0.636. The van der Waals surface area contributed by atoms with Crippen LogP contribution in [0.2, 0.25) is 0 Å². The molecule has 0 heterocycles. The SMILES string of the molecule is CCCCCCCCc1ccc(OC2=CC(C)CCC2C)cc1. The molecule has 0 N–H and O–H groups in total. The van der Waals surface area contributed by atoms with Gasteiger partial charge >= 0.3 is 0 Å². The third-order valence-corrected chi connectivity index (χ3v) is 4.97. The minimum absolute atomic E-state index is 0.550. The first-order valence-electron chi connectivity index (χ1n) is 9.67. The normalized spacial score (nSPS) is 21.1. The molecule has 0 bridgehead atoms. The molecule has 1 aromatic rings. The van der Waals surface area contributed by atoms with E-state index in [-0.39, 0.29) is 0 Å². The summed E-state index contributed by atoms with van der Waals surface area (Å²) in [6, 6.07) is 8.75. The third kappa shape index (κ3) is 6.41. The molecule has 0 fully saturated rings. The summed E-state index contributed by atoms with van der Waals surface area (Å²) < 4.78 is 6.12. The van der Waals surface area contributed by atoms with Gasteiger partial charge in [0.2, 0.25) is 0 Å². The minimum Gasteiger partial charge on any atom is -0.462 e. The van der Waals surface area contributed by atoms with Crippen LogP contribution in [0.1, 0.15) is 77.7 Å². The van der Waals surface area contributed by atoms with E-state index in [1.807, 2.05) is 0 Å². The zero-order chi connectivity index (χ0) is 16.5. The summed E-state index contributed by atoms with van der Waals surface area (Å²) in [6.45, 7) is 6.82. The van der Waals surface area contributed by atoms with Crippen molar-refractivity contribution in [3.63, 3.8) is 0 Å². The number of benzene rings is 1. The second kappa shape index (κ2) is 9.80. The highest BCUT2D eigenvalue weighted by Gasteiger charge is 2.18. The number of aryl methyl sites for hydroxylation is 1. The van der Waals surface area contributed by atoms with Crippen LogP contribution in [0.3, 0.4) is 0 Å². The topological polar surface area (TPSA) is 9.23 Å². The third-order valence-electron chi connectivity index (χ3n) is 4.97. The molecule has 0 aliphatic heterocycles. The fourth-order valence-electron chi connectivity index (χ4n) is 3.29. The van der Waals surface area contributed by atoms with Crippen LogP contribution in [0.25, 0.3) is 0 Å². The lowest BCUT2D eigenvalue weighted by Gasteiger charge is -2.24. The van der Waals surface area contributed by atoms with E-state index in [1.165, 1.54) is 63.4 Å². The lowest BCUT2D eigenvalue weighted by molar-refractivity contribution is 0.311. The van der Waals surface area contributed by atoms with Crippen LogP contribution in [0.15, 0.2) is 36.1 Å². The summed E-state index contributed by atoms with van der Waals surface area (Å²) in [5.74, 6) is 3.35. The van der Waals surface area contributed by atoms with Gasteiger partial charge in [-0.1, -0.05) is 65.0 Å². The molecule has 2 atom stereocenters. The summed E-state index contributed by atoms with van der Waals surface area (Å²) in [5.41, 5.74) is 1.44. The van der Waals surface area contributed by atoms with Gasteiger partial charge < -0.3 is 4.74 Å². The molecule has 0 radical (unpaired) electrons. The minimum atomic E-state index is 0.550. The van der Waals surface area contributed by atoms with Gasteiger partial charge in [0.05, 0.1) is 0 Å². The van der Waals surface area contributed by atoms with Crippen molar-refractivity contribution >= 4 is 0 Å². The van der Waals surface area contributed by atoms with E-state index in [1.54, 1.807) is 0 Å². The Morgan fingerprint density at radius 2 is 1.61 bits per heavy atom. The van der Waals surface area contributed by atoms with Crippen LogP contribution >= 0.6 is 0 Å². The van der Waals surface area contributed by atoms with Crippen molar-refractivity contribution in [3.05, 3.63) is 41.7 Å². The maximum absolute atomic E-state index is 6.12. The predicted octanol–water partition coefficient (Wildman–Crippen LogP) is 6.92. The second-order valence-electron chi connectivity index (χ2n) is 7.29. The number of hydrogen-bond donors (Lipinski definition) is 0. The van der Waals surface area contributed by atoms with Crippen LogP contribution in [-0.4, -0.2) is 0 Å². The average Bonchev–Trinajstić information content (AvgIpc) is 2.56. The Labute approximate surface area is 143 Å². The van der Waals surface area contributed by atoms with Gasteiger partial charge in [-0.15, -0.1) is 0 Å². The average molecular weight is 315 g/mol. The Morgan fingerprint density at radius 1 is 0.913 bits per heavy atom. The molecular weight excluding hydrogens is 280 g/mol. The van der Waals surface area contributed by atoms with Crippen molar-refractivity contribution in [2.45, 2.75) is 78.6 Å². The van der Waals surface area contributed by atoms with Crippen molar-refractivity contribution in [2.75, 3.05) is 0 Å². The Morgan fingerprint density at radius 3 is 2.35 bits per heavy atom. The molecular formula is C22H34O. The van der Waals surface area contributed by atoms with Crippen molar-refractivity contribution < 1.29 is 4.74 Å². The van der Waals surface area contributed by atoms with Gasteiger partial charge in [0.1, 0.15) is 11.5 Å². The predicted molar refractivity (Wildman–Crippen MR) is 99.8 cm³/mol. The van der Waals surface area contributed by atoms with Crippen molar-refractivity contribution in [1.82, 2.24) is 0 Å². The van der Waals surface area contributed by atoms with Gasteiger partial charge in [-0.2, -0.15) is 0 Å². The highest BCUT2D eigenvalue weighted by atomic mass is 16.5. The molecule has 2 unspecified atom stereocenters. The first kappa shape index (κ1) is 18.1. The van der Waals surface area contributed by atoms with Crippen molar-refractivity contribution in [2.24, 2.45) is 11.8 Å². The van der Waals surface area contributed by atoms with E-state index in [2.05, 4.69) is 51.1 Å². The van der Waals surface area contributed by atoms with Gasteiger partial charge in [-0.3, -0.25) is 0 Å². The number of ether oxygens (including phenoxy) is 1. The molecule has 0 spiro atoms. The molecule has 1 aliphatic rings. The summed E-state index contributed by atoms with van der Waals surface area (Å²) in [7, 11) is 0. The monoisotopic (exact) mass is 314 g/mol. The van der Waals surface area contributed by atoms with Crippen LogP contribution < -0.4 is 4.74 Å². The van der Waals surface area contributed by atoms with Crippen LogP contribution in [0.5, 0.6) is 5.75 Å². The molecule has 0 amide bonds. The quantitative estimate of drug-likeness (QED) is 0.449. The Balaban J connectivity index is 1.76. The number of rotatable bonds is 9. The van der Waals surface area contributed by atoms with Crippen LogP contribution in [0.4, 0.5) is 0 Å². The Kier molecular flexibility index (Phi) is 7.71. The molecule has 0 saturated carbocycles. The van der Waals surface area contributed by atoms with Gasteiger partial charge in [0.25, 0.3) is 0 Å². The van der Waals surface area contributed by atoms with Gasteiger partial charge in [0.15, 0.2) is 0 Å². The molecule has 1 aliphatic carbocycles. The number of unbranched alkanes of at least 4 members (excludes halogenated alkanes) is 5. The van der Waals surface area contributed by atoms with Crippen molar-refractivity contribution in [1.29, 1.82) is 0 Å². The lowest BCUT2D eigenvalue weighted by atomic mass is 9.89. The Bertz CT molecular complexity index is 471. The standard InChI is InChI=1S/C22H34O/c1-4-5-6-7-8-9-10-20-13-15-21(16-14-20)23-22-17-18(2)11-12-19(22)3/h13-19H,4-12H2,1-3H3. The van der Waals surface area contributed by atoms with Gasteiger partial charge in [0, 0.05) is 5.92 Å². The second-order valence-corrected chi connectivity index (χ2v) is 7.29. The molecule has 1 nitrogen and oxygen atoms in total. The van der Waals surface area contributed by atoms with Crippen LogP contribution in [-0.2, 0) is 6.42 Å². The molecule has 128 valence electrons. The smallest absolute Gasteiger partial charge is 0.126 e. The summed E-state index contributed by atoms with van der Waals surface area (Å²) in [5, 5.41) is 0. The zero-order valence-corrected chi connectivity index (χ0v) is 15.3. The largest absolute Gasteiger partial charge is 0.462 e. The summed E-state index contributed by atoms with van der Waals surface area (Å²) >= 11 is 0. The van der Waals surface area contributed by atoms with Crippen LogP contribution in [0, 0.1) is 11.8 Å². The van der Waals surface area contributed by atoms with Gasteiger partial charge in [-0.25, -0.2) is 0 Å². The first-order valence-corrected chi connectivity index (χ1v) is 9.67. The summed E-state index contributed by atoms with van der Waals surface area (Å²) in [6.07, 6.45) is 14.2. The van der Waals surface area contributed by atoms with E-state index in [9.17, 15) is 0 Å². The van der Waals surface area contributed by atoms with E-state index in [0.29, 0.717) is 11.8 Å². The highest BCUT2D eigenvalue weighted by Crippen LogP contribution is 2.30. The van der Waals surface area contributed by atoms with Gasteiger partial charge in [-0.05, 0) is 55.4 Å².